The van der Waals surface area contributed by atoms with E-state index < -0.39 is 30.1 Å². The van der Waals surface area contributed by atoms with Crippen LogP contribution in [-0.4, -0.2) is 0 Å². The molecule has 402 valence electrons. The summed E-state index contributed by atoms with van der Waals surface area (Å²) in [7, 11) is -6.29. The van der Waals surface area contributed by atoms with Crippen LogP contribution in [0.3, 0.4) is 0 Å². The van der Waals surface area contributed by atoms with Crippen molar-refractivity contribution in [3.05, 3.63) is 346 Å². The normalized spacial score (nSPS) is 15.8. The van der Waals surface area contributed by atoms with E-state index in [0.717, 1.165) is 28.4 Å². The third-order valence-electron chi connectivity index (χ3n) is 16.9. The van der Waals surface area contributed by atoms with E-state index in [4.69, 9.17) is 0 Å². The first-order valence-corrected chi connectivity index (χ1v) is 33.5. The van der Waals surface area contributed by atoms with Gasteiger partial charge in [-0.2, -0.15) is 0 Å². The summed E-state index contributed by atoms with van der Waals surface area (Å²) in [5.74, 6) is 0. The van der Waals surface area contributed by atoms with Gasteiger partial charge < -0.3 is 14.7 Å². The number of anilines is 9. The molecule has 0 saturated heterocycles. The highest BCUT2D eigenvalue weighted by Gasteiger charge is 2.48. The van der Waals surface area contributed by atoms with Crippen molar-refractivity contribution in [3.63, 3.8) is 0 Å². The van der Waals surface area contributed by atoms with Gasteiger partial charge in [0.2, 0.25) is 0 Å². The van der Waals surface area contributed by atoms with E-state index in [1.165, 1.54) is 81.5 Å². The SMILES string of the molecule is c1ccc(N2c3ccc(N4c5ccccc5S(c5ccccc5)(c5ccccc5)c5ccccc54)cc3S(c3ccccc3)(c3ccccc3)c3cc(N4c5ccccc5S(c5ccccc5)(c5ccccc5)c5ccccc54)ccc32)cc1. The molecule has 16 rings (SSSR count). The number of benzene rings is 13. The van der Waals surface area contributed by atoms with Crippen LogP contribution in [0.4, 0.5) is 51.2 Å². The monoisotopic (exact) mass is 1130 g/mol. The Labute approximate surface area is 497 Å². The molecule has 13 aromatic carbocycles. The van der Waals surface area contributed by atoms with Gasteiger partial charge in [-0.15, -0.1) is 30.1 Å². The van der Waals surface area contributed by atoms with E-state index in [1.807, 2.05) is 0 Å². The molecule has 3 nitrogen and oxygen atoms in total. The van der Waals surface area contributed by atoms with Crippen LogP contribution < -0.4 is 14.7 Å². The molecule has 0 spiro atoms. The van der Waals surface area contributed by atoms with Gasteiger partial charge in [0.1, 0.15) is 0 Å². The summed E-state index contributed by atoms with van der Waals surface area (Å²) in [4.78, 5) is 23.3. The zero-order valence-electron chi connectivity index (χ0n) is 46.0. The quantitative estimate of drug-likeness (QED) is 0.143. The van der Waals surface area contributed by atoms with Crippen LogP contribution in [0.1, 0.15) is 0 Å². The van der Waals surface area contributed by atoms with Crippen LogP contribution >= 0.6 is 30.1 Å². The average molecular weight is 1130 g/mol. The molecule has 0 atom stereocenters. The number of rotatable bonds is 9. The lowest BCUT2D eigenvalue weighted by molar-refractivity contribution is 1.08. The minimum absolute atomic E-state index is 1.11. The Bertz CT molecular complexity index is 4110. The molecule has 84 heavy (non-hydrogen) atoms. The maximum absolute atomic E-state index is 2.57. The van der Waals surface area contributed by atoms with E-state index in [1.54, 1.807) is 0 Å². The van der Waals surface area contributed by atoms with E-state index in [2.05, 4.69) is 360 Å². The molecule has 0 saturated carbocycles. The van der Waals surface area contributed by atoms with Crippen molar-refractivity contribution in [1.29, 1.82) is 0 Å². The largest absolute Gasteiger partial charge is 0.308 e. The van der Waals surface area contributed by atoms with E-state index in [-0.39, 0.29) is 0 Å². The fourth-order valence-corrected chi connectivity index (χ4v) is 26.1. The number of hydrogen-bond acceptors (Lipinski definition) is 3. The molecule has 0 unspecified atom stereocenters. The second-order valence-corrected chi connectivity index (χ2v) is 30.4. The van der Waals surface area contributed by atoms with Crippen LogP contribution in [0.5, 0.6) is 0 Å². The fraction of sp³-hybridized carbons (Fsp3) is 0. The molecule has 0 aromatic heterocycles. The van der Waals surface area contributed by atoms with Gasteiger partial charge in [0.15, 0.2) is 0 Å². The van der Waals surface area contributed by atoms with Crippen molar-refractivity contribution in [2.45, 2.75) is 58.7 Å². The first-order chi connectivity index (χ1) is 41.7. The third kappa shape index (κ3) is 7.31. The predicted molar refractivity (Wildman–Crippen MR) is 351 cm³/mol. The molecule has 3 aliphatic heterocycles. The summed E-state index contributed by atoms with van der Waals surface area (Å²) in [6, 6.07) is 130. The Morgan fingerprint density at radius 2 is 0.357 bits per heavy atom. The van der Waals surface area contributed by atoms with Gasteiger partial charge in [0.25, 0.3) is 0 Å². The van der Waals surface area contributed by atoms with Gasteiger partial charge in [-0.05, 0) is 170 Å². The highest BCUT2D eigenvalue weighted by atomic mass is 32.3. The first kappa shape index (κ1) is 50.1. The molecular weight excluding hydrogens is 1080 g/mol. The van der Waals surface area contributed by atoms with Crippen LogP contribution in [0.2, 0.25) is 0 Å². The zero-order valence-corrected chi connectivity index (χ0v) is 48.4. The molecule has 0 aliphatic carbocycles. The lowest BCUT2D eigenvalue weighted by Crippen LogP contribution is -2.25. The van der Waals surface area contributed by atoms with Crippen molar-refractivity contribution in [2.24, 2.45) is 0 Å². The van der Waals surface area contributed by atoms with Gasteiger partial charge in [-0.25, -0.2) is 0 Å². The molecule has 3 heterocycles. The van der Waals surface area contributed by atoms with Crippen molar-refractivity contribution in [1.82, 2.24) is 0 Å². The van der Waals surface area contributed by atoms with E-state index in [9.17, 15) is 0 Å². The van der Waals surface area contributed by atoms with E-state index >= 15 is 0 Å². The van der Waals surface area contributed by atoms with Gasteiger partial charge in [-0.3, -0.25) is 0 Å². The highest BCUT2D eigenvalue weighted by molar-refractivity contribution is 8.35. The molecule has 13 aromatic rings. The molecule has 0 N–H and O–H groups in total. The summed E-state index contributed by atoms with van der Waals surface area (Å²) in [5, 5.41) is 0. The first-order valence-electron chi connectivity index (χ1n) is 28.6. The Hall–Kier alpha value is -9.69. The van der Waals surface area contributed by atoms with Crippen LogP contribution in [0, 0.1) is 0 Å². The maximum atomic E-state index is 2.57. The van der Waals surface area contributed by atoms with Gasteiger partial charge in [-0.1, -0.05) is 176 Å². The van der Waals surface area contributed by atoms with Crippen molar-refractivity contribution >= 4 is 81.3 Å². The van der Waals surface area contributed by atoms with Crippen LogP contribution in [-0.2, 0) is 0 Å². The molecule has 6 heteroatoms. The van der Waals surface area contributed by atoms with Crippen molar-refractivity contribution < 1.29 is 0 Å². The standard InChI is InChI=1S/C78H57N3S3/c1-8-30-58(31-9-1)79-71-54-52-59(80-67-44-22-26-48-73(67)82(61-32-10-2-11-33-61,62-34-12-3-13-35-62)74-49-27-23-45-68(74)80)56-77(71)84(65-40-18-6-19-41-65,66-42-20-7-21-43-66)78-57-60(53-55-72(78)79)81-69-46-24-28-50-75(69)83(63-36-14-4-15-37-63,64-38-16-5-17-39-64)76-51-29-25-47-70(76)81/h1-57H. The lowest BCUT2D eigenvalue weighted by atomic mass is 10.1. The van der Waals surface area contributed by atoms with Gasteiger partial charge in [0, 0.05) is 75.8 Å². The van der Waals surface area contributed by atoms with Gasteiger partial charge in [0.05, 0.1) is 34.1 Å². The highest BCUT2D eigenvalue weighted by Crippen LogP contribution is 2.84. The summed E-state index contributed by atoms with van der Waals surface area (Å²) < 4.78 is 0. The summed E-state index contributed by atoms with van der Waals surface area (Å²) >= 11 is 0. The Balaban J connectivity index is 0.986. The molecular formula is C78H57N3S3. The predicted octanol–water partition coefficient (Wildman–Crippen LogP) is 23.1. The molecule has 0 fully saturated rings. The number of nitrogens with zero attached hydrogens (tertiary/aromatic N) is 3. The number of fused-ring (bicyclic) bond motifs is 6. The molecule has 3 aliphatic rings. The third-order valence-corrected chi connectivity index (χ3v) is 28.8. The Kier molecular flexibility index (Phi) is 12.1. The minimum atomic E-state index is -2.35. The summed E-state index contributed by atoms with van der Waals surface area (Å²) in [6.45, 7) is 0. The van der Waals surface area contributed by atoms with E-state index in [0.29, 0.717) is 0 Å². The fourth-order valence-electron chi connectivity index (χ4n) is 13.6. The Morgan fingerprint density at radius 3 is 0.631 bits per heavy atom. The average Bonchev–Trinajstić information content (AvgIpc) is 0.785. The summed E-state index contributed by atoms with van der Waals surface area (Å²) in [6.07, 6.45) is 0. The lowest BCUT2D eigenvalue weighted by Gasteiger charge is -2.52. The Morgan fingerprint density at radius 1 is 0.155 bits per heavy atom. The summed E-state index contributed by atoms with van der Waals surface area (Å²) in [5.41, 5.74) is 10.4. The van der Waals surface area contributed by atoms with Crippen LogP contribution in [0.15, 0.2) is 405 Å². The zero-order chi connectivity index (χ0) is 55.7. The minimum Gasteiger partial charge on any atom is -0.308 e. The molecule has 0 amide bonds. The van der Waals surface area contributed by atoms with Gasteiger partial charge >= 0.3 is 0 Å². The molecule has 0 radical (unpaired) electrons. The topological polar surface area (TPSA) is 9.72 Å². The number of hydrogen-bond donors (Lipinski definition) is 0. The maximum Gasteiger partial charge on any atom is 0.0594 e. The second-order valence-electron chi connectivity index (χ2n) is 21.2. The van der Waals surface area contributed by atoms with Crippen molar-refractivity contribution in [3.8, 4) is 0 Å². The van der Waals surface area contributed by atoms with Crippen molar-refractivity contribution in [2.75, 3.05) is 14.7 Å². The second kappa shape index (κ2) is 20.3. The molecule has 0 bridgehead atoms. The number of para-hydroxylation sites is 5. The smallest absolute Gasteiger partial charge is 0.0594 e. The van der Waals surface area contributed by atoms with Crippen LogP contribution in [0.25, 0.3) is 0 Å².